The molecular formula is C24H18F3N3O2S. The summed E-state index contributed by atoms with van der Waals surface area (Å²) in [6.07, 6.45) is -4.41. The van der Waals surface area contributed by atoms with E-state index in [1.807, 2.05) is 12.1 Å². The number of sulfonamides is 1. The lowest BCUT2D eigenvalue weighted by Gasteiger charge is -2.10. The van der Waals surface area contributed by atoms with Gasteiger partial charge in [0, 0.05) is 16.8 Å². The number of primary sulfonamides is 1. The van der Waals surface area contributed by atoms with Gasteiger partial charge >= 0.3 is 6.18 Å². The van der Waals surface area contributed by atoms with Gasteiger partial charge in [-0.2, -0.15) is 13.2 Å². The highest BCUT2D eigenvalue weighted by Crippen LogP contribution is 2.32. The lowest BCUT2D eigenvalue weighted by molar-refractivity contribution is -0.137. The molecule has 9 heteroatoms. The van der Waals surface area contributed by atoms with Crippen LogP contribution in [0.15, 0.2) is 83.8 Å². The number of hydrogen-bond donors (Lipinski definition) is 1. The van der Waals surface area contributed by atoms with Crippen molar-refractivity contribution in [2.45, 2.75) is 18.0 Å². The molecule has 1 aromatic heterocycles. The molecule has 0 aliphatic carbocycles. The number of nitrogens with two attached hydrogens (primary N) is 1. The second-order valence-electron chi connectivity index (χ2n) is 7.45. The summed E-state index contributed by atoms with van der Waals surface area (Å²) in [6, 6.07) is 20.0. The SMILES string of the molecule is Cc1cc(-c2ccc(C(F)(F)F)cc2)nc(-c2cccc(-c3cccc(S(N)(=O)=O)c3)c2)n1. The van der Waals surface area contributed by atoms with Crippen LogP contribution in [0.25, 0.3) is 33.8 Å². The Morgan fingerprint density at radius 1 is 0.758 bits per heavy atom. The number of aryl methyl sites for hydroxylation is 1. The van der Waals surface area contributed by atoms with Crippen molar-refractivity contribution in [1.82, 2.24) is 9.97 Å². The van der Waals surface area contributed by atoms with E-state index in [2.05, 4.69) is 9.97 Å². The van der Waals surface area contributed by atoms with Gasteiger partial charge in [0.2, 0.25) is 10.0 Å². The van der Waals surface area contributed by atoms with Crippen LogP contribution < -0.4 is 5.14 Å². The maximum atomic E-state index is 12.9. The van der Waals surface area contributed by atoms with Crippen LogP contribution in [0.5, 0.6) is 0 Å². The van der Waals surface area contributed by atoms with E-state index in [-0.39, 0.29) is 4.90 Å². The fraction of sp³-hybridized carbons (Fsp3) is 0.0833. The van der Waals surface area contributed by atoms with E-state index < -0.39 is 21.8 Å². The van der Waals surface area contributed by atoms with Crippen LogP contribution in [0.4, 0.5) is 13.2 Å². The smallest absolute Gasteiger partial charge is 0.233 e. The van der Waals surface area contributed by atoms with Gasteiger partial charge in [0.15, 0.2) is 5.82 Å². The highest BCUT2D eigenvalue weighted by molar-refractivity contribution is 7.89. The molecule has 0 amide bonds. The van der Waals surface area contributed by atoms with E-state index in [9.17, 15) is 21.6 Å². The average Bonchev–Trinajstić information content (AvgIpc) is 2.78. The molecule has 4 aromatic rings. The molecule has 33 heavy (non-hydrogen) atoms. The van der Waals surface area contributed by atoms with Gasteiger partial charge < -0.3 is 0 Å². The highest BCUT2D eigenvalue weighted by Gasteiger charge is 2.30. The first-order valence-corrected chi connectivity index (χ1v) is 11.3. The topological polar surface area (TPSA) is 85.9 Å². The number of rotatable bonds is 4. The molecule has 0 aliphatic rings. The Morgan fingerprint density at radius 3 is 2.00 bits per heavy atom. The van der Waals surface area contributed by atoms with Crippen molar-refractivity contribution in [1.29, 1.82) is 0 Å². The minimum Gasteiger partial charge on any atom is -0.233 e. The minimum absolute atomic E-state index is 0.00167. The summed E-state index contributed by atoms with van der Waals surface area (Å²) in [5, 5.41) is 5.24. The third-order valence-electron chi connectivity index (χ3n) is 4.98. The Bertz CT molecular complexity index is 1430. The van der Waals surface area contributed by atoms with Gasteiger partial charge in [-0.15, -0.1) is 0 Å². The van der Waals surface area contributed by atoms with Crippen molar-refractivity contribution in [3.63, 3.8) is 0 Å². The number of hydrogen-bond acceptors (Lipinski definition) is 4. The molecule has 2 N–H and O–H groups in total. The van der Waals surface area contributed by atoms with E-state index in [1.54, 1.807) is 37.3 Å². The molecule has 1 heterocycles. The number of nitrogens with zero attached hydrogens (tertiary/aromatic N) is 2. The zero-order valence-electron chi connectivity index (χ0n) is 17.3. The Morgan fingerprint density at radius 2 is 1.36 bits per heavy atom. The molecule has 0 bridgehead atoms. The fourth-order valence-corrected chi connectivity index (χ4v) is 3.93. The summed E-state index contributed by atoms with van der Waals surface area (Å²) in [5.41, 5.74) is 3.01. The van der Waals surface area contributed by atoms with Crippen LogP contribution in [-0.2, 0) is 16.2 Å². The lowest BCUT2D eigenvalue weighted by Crippen LogP contribution is -2.11. The van der Waals surface area contributed by atoms with Crippen molar-refractivity contribution in [2.75, 3.05) is 0 Å². The fourth-order valence-electron chi connectivity index (χ4n) is 3.37. The van der Waals surface area contributed by atoms with Gasteiger partial charge in [0.05, 0.1) is 16.2 Å². The average molecular weight is 469 g/mol. The second kappa shape index (κ2) is 8.42. The molecule has 0 spiro atoms. The third kappa shape index (κ3) is 5.10. The molecule has 0 saturated carbocycles. The highest BCUT2D eigenvalue weighted by atomic mass is 32.2. The lowest BCUT2D eigenvalue weighted by atomic mass is 10.0. The summed E-state index contributed by atoms with van der Waals surface area (Å²) in [6.45, 7) is 1.78. The quantitative estimate of drug-likeness (QED) is 0.431. The number of alkyl halides is 3. The van der Waals surface area contributed by atoms with Crippen molar-refractivity contribution >= 4 is 10.0 Å². The Hall–Kier alpha value is -3.56. The van der Waals surface area contributed by atoms with Crippen LogP contribution in [0.1, 0.15) is 11.3 Å². The first-order chi connectivity index (χ1) is 15.5. The Labute approximate surface area is 188 Å². The van der Waals surface area contributed by atoms with Crippen LogP contribution in [0.3, 0.4) is 0 Å². The predicted octanol–water partition coefficient (Wildman–Crippen LogP) is 5.45. The van der Waals surface area contributed by atoms with Gasteiger partial charge in [0.1, 0.15) is 0 Å². The van der Waals surface area contributed by atoms with Gasteiger partial charge in [-0.3, -0.25) is 0 Å². The normalized spacial score (nSPS) is 12.0. The standard InChI is InChI=1S/C24H18F3N3O2S/c1-15-12-22(16-8-10-20(11-9-16)24(25,26)27)30-23(29-15)19-6-2-4-17(13-19)18-5-3-7-21(14-18)33(28,31)32/h2-14H,1H3,(H2,28,31,32). The van der Waals surface area contributed by atoms with Crippen LogP contribution >= 0.6 is 0 Å². The molecule has 0 saturated heterocycles. The molecule has 4 rings (SSSR count). The number of halogens is 3. The zero-order chi connectivity index (χ0) is 23.8. The molecular weight excluding hydrogens is 451 g/mol. The third-order valence-corrected chi connectivity index (χ3v) is 5.89. The van der Waals surface area contributed by atoms with Crippen LogP contribution in [0, 0.1) is 6.92 Å². The van der Waals surface area contributed by atoms with E-state index in [4.69, 9.17) is 5.14 Å². The molecule has 3 aromatic carbocycles. The summed E-state index contributed by atoms with van der Waals surface area (Å²) in [5.74, 6) is 0.398. The Balaban J connectivity index is 1.73. The summed E-state index contributed by atoms with van der Waals surface area (Å²) >= 11 is 0. The largest absolute Gasteiger partial charge is 0.416 e. The molecule has 0 fully saturated rings. The van der Waals surface area contributed by atoms with Crippen molar-refractivity contribution in [3.8, 4) is 33.8 Å². The zero-order valence-corrected chi connectivity index (χ0v) is 18.2. The van der Waals surface area contributed by atoms with Gasteiger partial charge in [-0.25, -0.2) is 23.5 Å². The van der Waals surface area contributed by atoms with Crippen molar-refractivity contribution in [3.05, 3.63) is 90.1 Å². The predicted molar refractivity (Wildman–Crippen MR) is 119 cm³/mol. The monoisotopic (exact) mass is 469 g/mol. The van der Waals surface area contributed by atoms with E-state index in [1.165, 1.54) is 24.3 Å². The molecule has 0 unspecified atom stereocenters. The van der Waals surface area contributed by atoms with Crippen LogP contribution in [-0.4, -0.2) is 18.4 Å². The van der Waals surface area contributed by atoms with E-state index in [0.717, 1.165) is 17.7 Å². The Kier molecular flexibility index (Phi) is 5.77. The molecule has 168 valence electrons. The van der Waals surface area contributed by atoms with Crippen molar-refractivity contribution < 1.29 is 21.6 Å². The van der Waals surface area contributed by atoms with E-state index >= 15 is 0 Å². The molecule has 0 atom stereocenters. The molecule has 5 nitrogen and oxygen atoms in total. The first-order valence-electron chi connectivity index (χ1n) is 9.78. The minimum atomic E-state index is -4.41. The summed E-state index contributed by atoms with van der Waals surface area (Å²) < 4.78 is 62.0. The second-order valence-corrected chi connectivity index (χ2v) is 9.01. The molecule has 0 radical (unpaired) electrons. The number of benzene rings is 3. The van der Waals surface area contributed by atoms with E-state index in [0.29, 0.717) is 33.9 Å². The van der Waals surface area contributed by atoms with Crippen molar-refractivity contribution in [2.24, 2.45) is 5.14 Å². The summed E-state index contributed by atoms with van der Waals surface area (Å²) in [4.78, 5) is 9.02. The maximum absolute atomic E-state index is 12.9. The van der Waals surface area contributed by atoms with Crippen LogP contribution in [0.2, 0.25) is 0 Å². The van der Waals surface area contributed by atoms with Gasteiger partial charge in [-0.05, 0) is 54.4 Å². The van der Waals surface area contributed by atoms with Gasteiger partial charge in [0.25, 0.3) is 0 Å². The number of aromatic nitrogens is 2. The van der Waals surface area contributed by atoms with Gasteiger partial charge in [-0.1, -0.05) is 42.5 Å². The summed E-state index contributed by atoms with van der Waals surface area (Å²) in [7, 11) is -3.84. The molecule has 0 aliphatic heterocycles. The first kappa shape index (κ1) is 22.6. The maximum Gasteiger partial charge on any atom is 0.416 e.